The summed E-state index contributed by atoms with van der Waals surface area (Å²) in [6.07, 6.45) is 0. The minimum atomic E-state index is -0.620. The molecule has 0 aliphatic heterocycles. The molecule has 0 radical (unpaired) electrons. The standard InChI is InChI=1S/C16H10N2O4/c1-9(19)21-15-11-5-3-4-6-12(11)16(22-10(2)20)14(8-18)13(15)7-17/h3-6H,1-2H3. The Bertz CT molecular complexity index is 800. The quantitative estimate of drug-likeness (QED) is 0.623. The zero-order valence-electron chi connectivity index (χ0n) is 11.8. The molecule has 2 aromatic carbocycles. The number of nitriles is 2. The maximum atomic E-state index is 11.3. The van der Waals surface area contributed by atoms with Crippen molar-refractivity contribution < 1.29 is 19.1 Å². The van der Waals surface area contributed by atoms with Crippen molar-refractivity contribution in [3.05, 3.63) is 35.4 Å². The average molecular weight is 294 g/mol. The fraction of sp³-hybridized carbons (Fsp3) is 0.125. The van der Waals surface area contributed by atoms with Gasteiger partial charge in [-0.3, -0.25) is 9.59 Å². The third kappa shape index (κ3) is 2.58. The summed E-state index contributed by atoms with van der Waals surface area (Å²) < 4.78 is 10.2. The van der Waals surface area contributed by atoms with Crippen LogP contribution >= 0.6 is 0 Å². The van der Waals surface area contributed by atoms with E-state index < -0.39 is 11.9 Å². The van der Waals surface area contributed by atoms with Gasteiger partial charge in [-0.1, -0.05) is 24.3 Å². The first-order chi connectivity index (χ1) is 10.5. The molecule has 0 atom stereocenters. The van der Waals surface area contributed by atoms with E-state index in [-0.39, 0.29) is 22.6 Å². The number of rotatable bonds is 2. The summed E-state index contributed by atoms with van der Waals surface area (Å²) in [4.78, 5) is 22.6. The summed E-state index contributed by atoms with van der Waals surface area (Å²) in [5.74, 6) is -1.27. The van der Waals surface area contributed by atoms with Crippen molar-refractivity contribution in [1.29, 1.82) is 10.5 Å². The van der Waals surface area contributed by atoms with Crippen molar-refractivity contribution in [2.75, 3.05) is 0 Å². The minimum Gasteiger partial charge on any atom is -0.425 e. The Kier molecular flexibility index (Phi) is 4.06. The van der Waals surface area contributed by atoms with Crippen LogP contribution in [-0.2, 0) is 9.59 Å². The number of hydrogen-bond acceptors (Lipinski definition) is 6. The summed E-state index contributed by atoms with van der Waals surface area (Å²) in [6.45, 7) is 2.39. The number of hydrogen-bond donors (Lipinski definition) is 0. The molecule has 2 rings (SSSR count). The summed E-state index contributed by atoms with van der Waals surface area (Å²) in [5, 5.41) is 19.5. The molecular formula is C16H10N2O4. The summed E-state index contributed by atoms with van der Waals surface area (Å²) in [6, 6.07) is 10.3. The van der Waals surface area contributed by atoms with Gasteiger partial charge in [-0.05, 0) is 0 Å². The topological polar surface area (TPSA) is 100 Å². The van der Waals surface area contributed by atoms with Gasteiger partial charge in [0.15, 0.2) is 11.5 Å². The zero-order chi connectivity index (χ0) is 16.3. The third-order valence-corrected chi connectivity index (χ3v) is 2.84. The summed E-state index contributed by atoms with van der Waals surface area (Å²) >= 11 is 0. The zero-order valence-corrected chi connectivity index (χ0v) is 11.8. The van der Waals surface area contributed by atoms with Gasteiger partial charge >= 0.3 is 11.9 Å². The number of benzene rings is 2. The molecule has 0 aromatic heterocycles. The van der Waals surface area contributed by atoms with Gasteiger partial charge in [-0.15, -0.1) is 0 Å². The van der Waals surface area contributed by atoms with Crippen molar-refractivity contribution in [1.82, 2.24) is 0 Å². The molecule has 0 bridgehead atoms. The average Bonchev–Trinajstić information content (AvgIpc) is 2.48. The van der Waals surface area contributed by atoms with Gasteiger partial charge in [-0.25, -0.2) is 0 Å². The summed E-state index contributed by atoms with van der Waals surface area (Å²) in [5.41, 5.74) is -0.291. The van der Waals surface area contributed by atoms with E-state index in [0.717, 1.165) is 0 Å². The number of fused-ring (bicyclic) bond motifs is 1. The van der Waals surface area contributed by atoms with E-state index >= 15 is 0 Å². The van der Waals surface area contributed by atoms with Gasteiger partial charge < -0.3 is 9.47 Å². The van der Waals surface area contributed by atoms with E-state index in [0.29, 0.717) is 10.8 Å². The van der Waals surface area contributed by atoms with Crippen molar-refractivity contribution in [2.24, 2.45) is 0 Å². The van der Waals surface area contributed by atoms with E-state index in [4.69, 9.17) is 9.47 Å². The van der Waals surface area contributed by atoms with E-state index in [1.807, 2.05) is 12.1 Å². The molecule has 0 aliphatic carbocycles. The molecule has 108 valence electrons. The van der Waals surface area contributed by atoms with Crippen LogP contribution in [0, 0.1) is 22.7 Å². The van der Waals surface area contributed by atoms with Gasteiger partial charge in [-0.2, -0.15) is 10.5 Å². The van der Waals surface area contributed by atoms with Crippen molar-refractivity contribution in [2.45, 2.75) is 13.8 Å². The van der Waals surface area contributed by atoms with Gasteiger partial charge in [0, 0.05) is 24.6 Å². The van der Waals surface area contributed by atoms with Gasteiger partial charge in [0.1, 0.15) is 23.3 Å². The molecular weight excluding hydrogens is 284 g/mol. The molecule has 0 amide bonds. The molecule has 0 spiro atoms. The van der Waals surface area contributed by atoms with E-state index in [1.54, 1.807) is 24.3 Å². The van der Waals surface area contributed by atoms with E-state index in [9.17, 15) is 20.1 Å². The number of carbonyl (C=O) groups is 2. The normalized spacial score (nSPS) is 9.64. The predicted octanol–water partition coefficient (Wildman–Crippen LogP) is 2.43. The lowest BCUT2D eigenvalue weighted by Gasteiger charge is -2.14. The van der Waals surface area contributed by atoms with Crippen LogP contribution in [0.1, 0.15) is 25.0 Å². The highest BCUT2D eigenvalue weighted by atomic mass is 16.5. The third-order valence-electron chi connectivity index (χ3n) is 2.84. The van der Waals surface area contributed by atoms with Crippen LogP contribution in [-0.4, -0.2) is 11.9 Å². The molecule has 0 N–H and O–H groups in total. The molecule has 0 fully saturated rings. The van der Waals surface area contributed by atoms with Crippen LogP contribution < -0.4 is 9.47 Å². The Hall–Kier alpha value is -3.38. The Balaban J connectivity index is 2.97. The SMILES string of the molecule is CC(=O)Oc1c(C#N)c(C#N)c(OC(C)=O)c2ccccc12. The molecule has 6 heteroatoms. The Morgan fingerprint density at radius 2 is 1.23 bits per heavy atom. The van der Waals surface area contributed by atoms with E-state index in [2.05, 4.69) is 0 Å². The van der Waals surface area contributed by atoms with Crippen LogP contribution in [0.15, 0.2) is 24.3 Å². The first-order valence-corrected chi connectivity index (χ1v) is 6.25. The highest BCUT2D eigenvalue weighted by molar-refractivity contribution is 6.00. The van der Waals surface area contributed by atoms with Gasteiger partial charge in [0.2, 0.25) is 0 Å². The molecule has 6 nitrogen and oxygen atoms in total. The highest BCUT2D eigenvalue weighted by Crippen LogP contribution is 2.40. The first kappa shape index (κ1) is 15.0. The Labute approximate surface area is 126 Å². The van der Waals surface area contributed by atoms with Crippen molar-refractivity contribution in [3.8, 4) is 23.6 Å². The molecule has 0 heterocycles. The lowest BCUT2D eigenvalue weighted by molar-refractivity contribution is -0.132. The Morgan fingerprint density at radius 1 is 0.864 bits per heavy atom. The van der Waals surface area contributed by atoms with Crippen molar-refractivity contribution in [3.63, 3.8) is 0 Å². The monoisotopic (exact) mass is 294 g/mol. The second-order valence-corrected chi connectivity index (χ2v) is 4.36. The second kappa shape index (κ2) is 5.94. The van der Waals surface area contributed by atoms with Crippen LogP contribution in [0.5, 0.6) is 11.5 Å². The van der Waals surface area contributed by atoms with E-state index in [1.165, 1.54) is 13.8 Å². The highest BCUT2D eigenvalue weighted by Gasteiger charge is 2.23. The van der Waals surface area contributed by atoms with Crippen LogP contribution in [0.2, 0.25) is 0 Å². The largest absolute Gasteiger partial charge is 0.425 e. The molecule has 0 aliphatic rings. The van der Waals surface area contributed by atoms with Crippen LogP contribution in [0.3, 0.4) is 0 Å². The molecule has 2 aromatic rings. The molecule has 0 unspecified atom stereocenters. The lowest BCUT2D eigenvalue weighted by Crippen LogP contribution is -2.08. The number of esters is 2. The maximum Gasteiger partial charge on any atom is 0.308 e. The predicted molar refractivity (Wildman–Crippen MR) is 76.0 cm³/mol. The van der Waals surface area contributed by atoms with Gasteiger partial charge in [0.25, 0.3) is 0 Å². The fourth-order valence-electron chi connectivity index (χ4n) is 2.09. The Morgan fingerprint density at radius 3 is 1.50 bits per heavy atom. The number of carbonyl (C=O) groups excluding carboxylic acids is 2. The molecule has 22 heavy (non-hydrogen) atoms. The lowest BCUT2D eigenvalue weighted by atomic mass is 9.99. The number of ether oxygens (including phenoxy) is 2. The van der Waals surface area contributed by atoms with Crippen LogP contribution in [0.25, 0.3) is 10.8 Å². The van der Waals surface area contributed by atoms with Crippen molar-refractivity contribution >= 4 is 22.7 Å². The minimum absolute atomic E-state index is 0.0157. The number of nitrogens with zero attached hydrogens (tertiary/aromatic N) is 2. The first-order valence-electron chi connectivity index (χ1n) is 6.25. The fourth-order valence-corrected chi connectivity index (χ4v) is 2.09. The molecule has 0 saturated heterocycles. The maximum absolute atomic E-state index is 11.3. The second-order valence-electron chi connectivity index (χ2n) is 4.36. The summed E-state index contributed by atoms with van der Waals surface area (Å²) in [7, 11) is 0. The molecule has 0 saturated carbocycles. The van der Waals surface area contributed by atoms with Crippen LogP contribution in [0.4, 0.5) is 0 Å². The smallest absolute Gasteiger partial charge is 0.308 e. The van der Waals surface area contributed by atoms with Gasteiger partial charge in [0.05, 0.1) is 0 Å².